The zero-order chi connectivity index (χ0) is 5.86. The number of carboxylic acids is 1. The molecule has 50 valence electrons. The van der Waals surface area contributed by atoms with Gasteiger partial charge in [-0.25, -0.2) is 0 Å². The first-order valence-electron chi connectivity index (χ1n) is 1.77. The zero-order valence-corrected chi connectivity index (χ0v) is 6.06. The number of hydrogen-bond donors (Lipinski definition) is 3. The first-order valence-corrected chi connectivity index (χ1v) is 2.41. The molecule has 0 amide bonds. The van der Waals surface area contributed by atoms with Gasteiger partial charge in [0.2, 0.25) is 0 Å². The Morgan fingerprint density at radius 3 is 2.25 bits per heavy atom. The van der Waals surface area contributed by atoms with Gasteiger partial charge in [-0.1, -0.05) is 0 Å². The highest BCUT2D eigenvalue weighted by atomic mass is 32.1. The van der Waals surface area contributed by atoms with Gasteiger partial charge in [0.05, 0.1) is 0 Å². The molecule has 0 aliphatic heterocycles. The van der Waals surface area contributed by atoms with Crippen LogP contribution in [0.4, 0.5) is 0 Å². The molecule has 0 bridgehead atoms. The van der Waals surface area contributed by atoms with Crippen molar-refractivity contribution in [2.75, 3.05) is 5.75 Å². The highest BCUT2D eigenvalue weighted by Crippen LogP contribution is 1.80. The largest absolute Gasteiger partial charge is 0.480 e. The van der Waals surface area contributed by atoms with Crippen molar-refractivity contribution in [2.24, 2.45) is 5.73 Å². The van der Waals surface area contributed by atoms with Crippen molar-refractivity contribution in [3.05, 3.63) is 0 Å². The van der Waals surface area contributed by atoms with Gasteiger partial charge >= 0.3 is 5.97 Å². The lowest BCUT2D eigenvalue weighted by molar-refractivity contribution is -0.137. The van der Waals surface area contributed by atoms with Gasteiger partial charge in [-0.15, -0.1) is 0 Å². The maximum atomic E-state index is 9.76. The number of aliphatic carboxylic acids is 1. The van der Waals surface area contributed by atoms with E-state index in [-0.39, 0.29) is 19.2 Å². The molecule has 0 rings (SSSR count). The fourth-order valence-electron chi connectivity index (χ4n) is 0.0781. The second-order valence-corrected chi connectivity index (χ2v) is 1.49. The van der Waals surface area contributed by atoms with Gasteiger partial charge in [-0.3, -0.25) is 4.79 Å². The normalized spacial score (nSPS) is 11.8. The predicted octanol–water partition coefficient (Wildman–Crippen LogP) is -0.559. The molecule has 0 aliphatic carbocycles. The van der Waals surface area contributed by atoms with Crippen LogP contribution in [0.2, 0.25) is 0 Å². The summed E-state index contributed by atoms with van der Waals surface area (Å²) in [5.74, 6) is -0.815. The SMILES string of the molecule is N[C@H](CS)C(=O)O.S. The van der Waals surface area contributed by atoms with Gasteiger partial charge in [-0.05, 0) is 0 Å². The van der Waals surface area contributed by atoms with Gasteiger partial charge in [0, 0.05) is 5.75 Å². The molecule has 0 saturated carbocycles. The second-order valence-electron chi connectivity index (χ2n) is 1.13. The summed E-state index contributed by atoms with van der Waals surface area (Å²) in [6.07, 6.45) is 0. The van der Waals surface area contributed by atoms with Crippen LogP contribution >= 0.6 is 26.1 Å². The third-order valence-electron chi connectivity index (χ3n) is 0.514. The third kappa shape index (κ3) is 4.29. The average Bonchev–Trinajstić information content (AvgIpc) is 1.65. The van der Waals surface area contributed by atoms with E-state index in [1.807, 2.05) is 0 Å². The molecule has 0 heterocycles. The van der Waals surface area contributed by atoms with E-state index in [0.29, 0.717) is 0 Å². The molecule has 0 unspecified atom stereocenters. The molecule has 0 aromatic heterocycles. The minimum atomic E-state index is -1.00. The van der Waals surface area contributed by atoms with Crippen molar-refractivity contribution in [1.82, 2.24) is 0 Å². The summed E-state index contributed by atoms with van der Waals surface area (Å²) in [5.41, 5.74) is 4.94. The van der Waals surface area contributed by atoms with E-state index in [1.165, 1.54) is 0 Å². The predicted molar refractivity (Wildman–Crippen MR) is 39.8 cm³/mol. The van der Waals surface area contributed by atoms with E-state index >= 15 is 0 Å². The van der Waals surface area contributed by atoms with Crippen LogP contribution in [0.15, 0.2) is 0 Å². The molecule has 3 nitrogen and oxygen atoms in total. The Morgan fingerprint density at radius 1 is 1.88 bits per heavy atom. The van der Waals surface area contributed by atoms with Crippen molar-refractivity contribution in [2.45, 2.75) is 6.04 Å². The van der Waals surface area contributed by atoms with Crippen molar-refractivity contribution in [1.29, 1.82) is 0 Å². The number of carboxylic acid groups (broad SMARTS) is 1. The molecule has 0 aromatic carbocycles. The lowest BCUT2D eigenvalue weighted by atomic mass is 10.4. The highest BCUT2D eigenvalue weighted by Gasteiger charge is 2.06. The summed E-state index contributed by atoms with van der Waals surface area (Å²) in [4.78, 5) is 9.76. The van der Waals surface area contributed by atoms with Crippen LogP contribution < -0.4 is 5.73 Å². The quantitative estimate of drug-likeness (QED) is 0.468. The van der Waals surface area contributed by atoms with Crippen LogP contribution in [0.25, 0.3) is 0 Å². The van der Waals surface area contributed by atoms with Gasteiger partial charge < -0.3 is 10.8 Å². The molecule has 0 radical (unpaired) electrons. The van der Waals surface area contributed by atoms with Crippen LogP contribution in [0.5, 0.6) is 0 Å². The van der Waals surface area contributed by atoms with Gasteiger partial charge in [-0.2, -0.15) is 26.1 Å². The molecule has 3 N–H and O–H groups in total. The lowest BCUT2D eigenvalue weighted by Gasteiger charge is -1.96. The summed E-state index contributed by atoms with van der Waals surface area (Å²) >= 11 is 3.65. The Bertz CT molecular complexity index is 77.7. The van der Waals surface area contributed by atoms with E-state index in [1.54, 1.807) is 0 Å². The van der Waals surface area contributed by atoms with E-state index < -0.39 is 12.0 Å². The van der Waals surface area contributed by atoms with E-state index in [4.69, 9.17) is 10.8 Å². The average molecular weight is 155 g/mol. The van der Waals surface area contributed by atoms with Crippen LogP contribution in [0, 0.1) is 0 Å². The number of rotatable bonds is 2. The van der Waals surface area contributed by atoms with Crippen molar-refractivity contribution in [3.63, 3.8) is 0 Å². The van der Waals surface area contributed by atoms with Gasteiger partial charge in [0.1, 0.15) is 6.04 Å². The topological polar surface area (TPSA) is 63.3 Å². The summed E-state index contributed by atoms with van der Waals surface area (Å²) in [6, 6.07) is -0.816. The Kier molecular flexibility index (Phi) is 7.25. The minimum absolute atomic E-state index is 0. The molecule has 5 heteroatoms. The minimum Gasteiger partial charge on any atom is -0.480 e. The van der Waals surface area contributed by atoms with Crippen molar-refractivity contribution < 1.29 is 9.90 Å². The zero-order valence-electron chi connectivity index (χ0n) is 4.16. The standard InChI is InChI=1S/C3H7NO2S.H2S/c4-2(1-7)3(5)6;/h2,7H,1,4H2,(H,5,6);1H2/t2-;/m1./s1. The van der Waals surface area contributed by atoms with Crippen LogP contribution in [0.3, 0.4) is 0 Å². The molecule has 0 spiro atoms. The molecule has 0 aliphatic rings. The molecular weight excluding hydrogens is 146 g/mol. The van der Waals surface area contributed by atoms with E-state index in [0.717, 1.165) is 0 Å². The lowest BCUT2D eigenvalue weighted by Crippen LogP contribution is -2.31. The number of nitrogens with two attached hydrogens (primary N) is 1. The fraction of sp³-hybridized carbons (Fsp3) is 0.667. The Labute approximate surface area is 60.1 Å². The number of carbonyl (C=O) groups is 1. The molecule has 0 saturated heterocycles. The Morgan fingerprint density at radius 2 is 2.25 bits per heavy atom. The molecule has 0 fully saturated rings. The van der Waals surface area contributed by atoms with Crippen molar-refractivity contribution >= 4 is 32.1 Å². The summed E-state index contributed by atoms with van der Waals surface area (Å²) in [7, 11) is 0. The van der Waals surface area contributed by atoms with Crippen LogP contribution in [-0.4, -0.2) is 22.9 Å². The van der Waals surface area contributed by atoms with Crippen LogP contribution in [-0.2, 0) is 4.79 Å². The smallest absolute Gasteiger partial charge is 0.321 e. The Balaban J connectivity index is 0. The highest BCUT2D eigenvalue weighted by molar-refractivity contribution is 7.80. The van der Waals surface area contributed by atoms with Gasteiger partial charge in [0.15, 0.2) is 0 Å². The number of thiol groups is 1. The van der Waals surface area contributed by atoms with E-state index in [9.17, 15) is 4.79 Å². The summed E-state index contributed by atoms with van der Waals surface area (Å²) < 4.78 is 0. The molecule has 0 aromatic rings. The maximum Gasteiger partial charge on any atom is 0.321 e. The monoisotopic (exact) mass is 155 g/mol. The van der Waals surface area contributed by atoms with Crippen LogP contribution in [0.1, 0.15) is 0 Å². The second kappa shape index (κ2) is 5.27. The summed E-state index contributed by atoms with van der Waals surface area (Å²) in [6.45, 7) is 0. The molecular formula is C3H9NO2S2. The first kappa shape index (κ1) is 11.0. The summed E-state index contributed by atoms with van der Waals surface area (Å²) in [5, 5.41) is 8.01. The first-order chi connectivity index (χ1) is 3.18. The van der Waals surface area contributed by atoms with Gasteiger partial charge in [0.25, 0.3) is 0 Å². The Hall–Kier alpha value is 0.130. The number of hydrogen-bond acceptors (Lipinski definition) is 3. The third-order valence-corrected chi connectivity index (χ3v) is 0.907. The molecule has 1 atom stereocenters. The van der Waals surface area contributed by atoms with Crippen molar-refractivity contribution in [3.8, 4) is 0 Å². The molecule has 8 heavy (non-hydrogen) atoms. The fourth-order valence-corrected chi connectivity index (χ4v) is 0.234. The van der Waals surface area contributed by atoms with E-state index in [2.05, 4.69) is 12.6 Å². The maximum absolute atomic E-state index is 9.76.